The van der Waals surface area contributed by atoms with Crippen molar-refractivity contribution in [3.8, 4) is 0 Å². The minimum Gasteiger partial charge on any atom is -0.353 e. The summed E-state index contributed by atoms with van der Waals surface area (Å²) in [6, 6.07) is 0.347. The Labute approximate surface area is 129 Å². The van der Waals surface area contributed by atoms with E-state index < -0.39 is 0 Å². The number of carbonyl (C=O) groups is 1. The van der Waals surface area contributed by atoms with Crippen molar-refractivity contribution in [3.05, 3.63) is 0 Å². The zero-order valence-electron chi connectivity index (χ0n) is 12.2. The van der Waals surface area contributed by atoms with Gasteiger partial charge in [0.15, 0.2) is 0 Å². The number of nitrogens with zero attached hydrogens (tertiary/aromatic N) is 1. The molecule has 1 unspecified atom stereocenters. The van der Waals surface area contributed by atoms with E-state index in [0.29, 0.717) is 12.6 Å². The number of rotatable bonds is 5. The Morgan fingerprint density at radius 1 is 1.26 bits per heavy atom. The lowest BCUT2D eigenvalue weighted by atomic mass is 10.0. The quantitative estimate of drug-likeness (QED) is 0.811. The monoisotopic (exact) mass is 313 g/mol. The number of carbonyl (C=O) groups excluding carboxylic acids is 1. The molecule has 1 amide bonds. The summed E-state index contributed by atoms with van der Waals surface area (Å²) in [6.07, 6.45) is 2.13. The fourth-order valence-electron chi connectivity index (χ4n) is 2.23. The molecule has 0 aromatic rings. The maximum absolute atomic E-state index is 11.7. The van der Waals surface area contributed by atoms with Crippen molar-refractivity contribution in [3.63, 3.8) is 0 Å². The van der Waals surface area contributed by atoms with Crippen molar-refractivity contribution in [2.75, 3.05) is 26.2 Å². The average molecular weight is 314 g/mol. The Balaban J connectivity index is 0. The first-order valence-electron chi connectivity index (χ1n) is 6.75. The summed E-state index contributed by atoms with van der Waals surface area (Å²) >= 11 is 0. The van der Waals surface area contributed by atoms with Crippen molar-refractivity contribution in [1.82, 2.24) is 10.2 Å². The van der Waals surface area contributed by atoms with Crippen molar-refractivity contribution in [2.24, 2.45) is 17.6 Å². The molecule has 0 aliphatic carbocycles. The van der Waals surface area contributed by atoms with Gasteiger partial charge in [-0.05, 0) is 18.8 Å². The van der Waals surface area contributed by atoms with Crippen LogP contribution >= 0.6 is 24.8 Å². The maximum Gasteiger partial charge on any atom is 0.224 e. The van der Waals surface area contributed by atoms with Gasteiger partial charge in [-0.1, -0.05) is 20.8 Å². The lowest BCUT2D eigenvalue weighted by molar-refractivity contribution is -0.125. The molecule has 116 valence electrons. The summed E-state index contributed by atoms with van der Waals surface area (Å²) in [7, 11) is 0. The number of nitrogens with one attached hydrogen (secondary N) is 1. The molecule has 1 fully saturated rings. The Kier molecular flexibility index (Phi) is 12.0. The first kappa shape index (κ1) is 21.3. The molecule has 0 radical (unpaired) electrons. The van der Waals surface area contributed by atoms with Crippen molar-refractivity contribution in [1.29, 1.82) is 0 Å². The zero-order valence-corrected chi connectivity index (χ0v) is 13.9. The van der Waals surface area contributed by atoms with Crippen LogP contribution in [0.15, 0.2) is 0 Å². The second-order valence-corrected chi connectivity index (χ2v) is 5.61. The Hall–Kier alpha value is -0.0300. The molecule has 4 nitrogen and oxygen atoms in total. The molecule has 3 N–H and O–H groups in total. The van der Waals surface area contributed by atoms with E-state index in [1.165, 1.54) is 6.54 Å². The second kappa shape index (κ2) is 10.7. The van der Waals surface area contributed by atoms with Gasteiger partial charge in [0.1, 0.15) is 0 Å². The van der Waals surface area contributed by atoms with E-state index >= 15 is 0 Å². The zero-order chi connectivity index (χ0) is 12.8. The molecule has 6 heteroatoms. The third kappa shape index (κ3) is 7.98. The SMILES string of the molecule is CC(C)CN1CCC(NC(=O)C(C)CN)CC1.Cl.Cl. The van der Waals surface area contributed by atoms with Crippen LogP contribution in [0, 0.1) is 11.8 Å². The summed E-state index contributed by atoms with van der Waals surface area (Å²) < 4.78 is 0. The van der Waals surface area contributed by atoms with E-state index in [4.69, 9.17) is 5.73 Å². The van der Waals surface area contributed by atoms with Crippen molar-refractivity contribution >= 4 is 30.7 Å². The predicted molar refractivity (Wildman–Crippen MR) is 85.2 cm³/mol. The Morgan fingerprint density at radius 2 is 1.79 bits per heavy atom. The molecule has 0 aromatic carbocycles. The smallest absolute Gasteiger partial charge is 0.224 e. The summed E-state index contributed by atoms with van der Waals surface area (Å²) in [5.74, 6) is 0.761. The van der Waals surface area contributed by atoms with Crippen LogP contribution in [0.25, 0.3) is 0 Å². The van der Waals surface area contributed by atoms with Gasteiger partial charge in [0.25, 0.3) is 0 Å². The average Bonchev–Trinajstić information content (AvgIpc) is 2.30. The number of nitrogens with two attached hydrogens (primary N) is 1. The van der Waals surface area contributed by atoms with Gasteiger partial charge in [-0.3, -0.25) is 4.79 Å². The third-order valence-electron chi connectivity index (χ3n) is 3.36. The normalized spacial score (nSPS) is 18.4. The van der Waals surface area contributed by atoms with Gasteiger partial charge in [0, 0.05) is 38.1 Å². The molecule has 1 atom stereocenters. The summed E-state index contributed by atoms with van der Waals surface area (Å²) in [4.78, 5) is 14.2. The molecule has 1 rings (SSSR count). The highest BCUT2D eigenvalue weighted by Crippen LogP contribution is 2.12. The van der Waals surface area contributed by atoms with Crippen LogP contribution in [0.3, 0.4) is 0 Å². The molecule has 1 aliphatic rings. The molecule has 0 spiro atoms. The lowest BCUT2D eigenvalue weighted by Gasteiger charge is -2.33. The largest absolute Gasteiger partial charge is 0.353 e. The Morgan fingerprint density at radius 3 is 2.21 bits per heavy atom. The van der Waals surface area contributed by atoms with Crippen LogP contribution in [-0.2, 0) is 4.79 Å². The van der Waals surface area contributed by atoms with Crippen LogP contribution in [0.5, 0.6) is 0 Å². The van der Waals surface area contributed by atoms with Crippen LogP contribution in [-0.4, -0.2) is 43.0 Å². The van der Waals surface area contributed by atoms with Crippen LogP contribution < -0.4 is 11.1 Å². The number of hydrogen-bond donors (Lipinski definition) is 2. The first-order valence-corrected chi connectivity index (χ1v) is 6.75. The summed E-state index contributed by atoms with van der Waals surface area (Å²) in [5, 5.41) is 3.10. The van der Waals surface area contributed by atoms with Crippen molar-refractivity contribution < 1.29 is 4.79 Å². The number of amides is 1. The molecular weight excluding hydrogens is 285 g/mol. The van der Waals surface area contributed by atoms with Gasteiger partial charge in [-0.25, -0.2) is 0 Å². The van der Waals surface area contributed by atoms with Gasteiger partial charge in [-0.15, -0.1) is 24.8 Å². The standard InChI is InChI=1S/C13H27N3O.2ClH/c1-10(2)9-16-6-4-12(5-7-16)15-13(17)11(3)8-14;;/h10-12H,4-9,14H2,1-3H3,(H,15,17);2*1H. The molecule has 0 saturated carbocycles. The van der Waals surface area contributed by atoms with E-state index in [0.717, 1.165) is 31.8 Å². The van der Waals surface area contributed by atoms with E-state index in [1.54, 1.807) is 0 Å². The van der Waals surface area contributed by atoms with E-state index in [2.05, 4.69) is 24.1 Å². The van der Waals surface area contributed by atoms with Crippen LogP contribution in [0.2, 0.25) is 0 Å². The summed E-state index contributed by atoms with van der Waals surface area (Å²) in [6.45, 7) is 10.2. The van der Waals surface area contributed by atoms with Gasteiger partial charge in [0.2, 0.25) is 5.91 Å². The highest BCUT2D eigenvalue weighted by molar-refractivity contribution is 5.85. The van der Waals surface area contributed by atoms with Gasteiger partial charge >= 0.3 is 0 Å². The fourth-order valence-corrected chi connectivity index (χ4v) is 2.23. The van der Waals surface area contributed by atoms with Crippen molar-refractivity contribution in [2.45, 2.75) is 39.7 Å². The second-order valence-electron chi connectivity index (χ2n) is 5.61. The molecule has 1 aliphatic heterocycles. The molecular formula is C13H29Cl2N3O. The minimum absolute atomic E-state index is 0. The summed E-state index contributed by atoms with van der Waals surface area (Å²) in [5.41, 5.74) is 5.49. The first-order chi connectivity index (χ1) is 8.02. The topological polar surface area (TPSA) is 58.4 Å². The number of halogens is 2. The van der Waals surface area contributed by atoms with Gasteiger partial charge in [-0.2, -0.15) is 0 Å². The van der Waals surface area contributed by atoms with E-state index in [9.17, 15) is 4.79 Å². The van der Waals surface area contributed by atoms with Crippen LogP contribution in [0.4, 0.5) is 0 Å². The third-order valence-corrected chi connectivity index (χ3v) is 3.36. The fraction of sp³-hybridized carbons (Fsp3) is 0.923. The number of likely N-dealkylation sites (tertiary alicyclic amines) is 1. The van der Waals surface area contributed by atoms with E-state index in [1.807, 2.05) is 6.92 Å². The van der Waals surface area contributed by atoms with Crippen LogP contribution in [0.1, 0.15) is 33.6 Å². The van der Waals surface area contributed by atoms with Gasteiger partial charge in [0.05, 0.1) is 0 Å². The predicted octanol–water partition coefficient (Wildman–Crippen LogP) is 1.66. The molecule has 0 aromatic heterocycles. The maximum atomic E-state index is 11.7. The molecule has 1 heterocycles. The van der Waals surface area contributed by atoms with Gasteiger partial charge < -0.3 is 16.0 Å². The van der Waals surface area contributed by atoms with E-state index in [-0.39, 0.29) is 36.6 Å². The number of piperidine rings is 1. The number of hydrogen-bond acceptors (Lipinski definition) is 3. The highest BCUT2D eigenvalue weighted by atomic mass is 35.5. The lowest BCUT2D eigenvalue weighted by Crippen LogP contribution is -2.47. The molecule has 1 saturated heterocycles. The molecule has 0 bridgehead atoms. The highest BCUT2D eigenvalue weighted by Gasteiger charge is 2.22. The molecule has 19 heavy (non-hydrogen) atoms. The Bertz CT molecular complexity index is 244. The minimum atomic E-state index is -0.0660.